The number of carbonyl (C=O) groups excluding carboxylic acids is 1. The zero-order valence-electron chi connectivity index (χ0n) is 13.2. The molecule has 0 unspecified atom stereocenters. The predicted molar refractivity (Wildman–Crippen MR) is 107 cm³/mol. The van der Waals surface area contributed by atoms with Gasteiger partial charge < -0.3 is 0 Å². The van der Waals surface area contributed by atoms with Crippen LogP contribution in [0.4, 0.5) is 0 Å². The Morgan fingerprint density at radius 3 is 2.42 bits per heavy atom. The van der Waals surface area contributed by atoms with Crippen LogP contribution in [0.2, 0.25) is 5.02 Å². The normalized spacial score (nSPS) is 15.8. The maximum atomic E-state index is 12.1. The summed E-state index contributed by atoms with van der Waals surface area (Å²) in [7, 11) is 0. The van der Waals surface area contributed by atoms with Crippen LogP contribution in [0.3, 0.4) is 0 Å². The fraction of sp³-hybridized carbons (Fsp3) is 0.158. The summed E-state index contributed by atoms with van der Waals surface area (Å²) in [5, 5.41) is 0.735. The zero-order chi connectivity index (χ0) is 16.9. The Balaban J connectivity index is 1.67. The van der Waals surface area contributed by atoms with E-state index in [0.29, 0.717) is 5.70 Å². The highest BCUT2D eigenvalue weighted by Crippen LogP contribution is 2.32. The number of hydrogen-bond donors (Lipinski definition) is 0. The summed E-state index contributed by atoms with van der Waals surface area (Å²) in [6.07, 6.45) is 2.86. The van der Waals surface area contributed by atoms with Crippen molar-refractivity contribution < 1.29 is 4.79 Å². The van der Waals surface area contributed by atoms with Crippen LogP contribution in [0.1, 0.15) is 23.6 Å². The molecule has 0 saturated heterocycles. The third-order valence-electron chi connectivity index (χ3n) is 3.57. The second-order valence-corrected chi connectivity index (χ2v) is 7.93. The quantitative estimate of drug-likeness (QED) is 0.633. The lowest BCUT2D eigenvalue weighted by molar-refractivity contribution is -0.107. The largest absolute Gasteiger partial charge is 0.279 e. The first kappa shape index (κ1) is 17.3. The molecule has 0 bridgehead atoms. The Labute approximate surface area is 155 Å². The molecule has 24 heavy (non-hydrogen) atoms. The Morgan fingerprint density at radius 2 is 1.75 bits per heavy atom. The van der Waals surface area contributed by atoms with Crippen LogP contribution in [-0.4, -0.2) is 9.49 Å². The molecule has 122 valence electrons. The summed E-state index contributed by atoms with van der Waals surface area (Å²) in [5.74, 6) is 0.773. The predicted octanol–water partition coefficient (Wildman–Crippen LogP) is 5.81. The van der Waals surface area contributed by atoms with E-state index < -0.39 is 0 Å². The minimum atomic E-state index is 0.00757. The number of benzene rings is 2. The molecule has 0 radical (unpaired) electrons. The van der Waals surface area contributed by atoms with E-state index in [1.807, 2.05) is 42.5 Å². The molecule has 1 aliphatic rings. The summed E-state index contributed by atoms with van der Waals surface area (Å²) in [4.78, 5) is 16.6. The van der Waals surface area contributed by atoms with Crippen molar-refractivity contribution in [3.63, 3.8) is 0 Å². The molecule has 2 aromatic rings. The average Bonchev–Trinajstić information content (AvgIpc) is 2.95. The second-order valence-electron chi connectivity index (χ2n) is 5.31. The van der Waals surface area contributed by atoms with Gasteiger partial charge in [-0.15, -0.1) is 0 Å². The fourth-order valence-electron chi connectivity index (χ4n) is 2.18. The lowest BCUT2D eigenvalue weighted by Crippen LogP contribution is -1.88. The molecule has 0 spiro atoms. The minimum Gasteiger partial charge on any atom is -0.279 e. The third-order valence-corrected chi connectivity index (χ3v) is 5.90. The summed E-state index contributed by atoms with van der Waals surface area (Å²) in [6, 6.07) is 15.9. The summed E-state index contributed by atoms with van der Waals surface area (Å²) < 4.78 is 0.798. The molecule has 1 aliphatic heterocycles. The lowest BCUT2D eigenvalue weighted by atomic mass is 10.1. The van der Waals surface area contributed by atoms with Crippen molar-refractivity contribution in [2.45, 2.75) is 19.1 Å². The lowest BCUT2D eigenvalue weighted by Gasteiger charge is -1.99. The number of carbonyl (C=O) groups is 1. The van der Waals surface area contributed by atoms with Crippen molar-refractivity contribution in [1.29, 1.82) is 0 Å². The second kappa shape index (κ2) is 8.06. The van der Waals surface area contributed by atoms with E-state index in [9.17, 15) is 4.79 Å². The van der Waals surface area contributed by atoms with E-state index in [0.717, 1.165) is 32.7 Å². The van der Waals surface area contributed by atoms with E-state index in [1.54, 1.807) is 11.8 Å². The molecule has 0 fully saturated rings. The number of aliphatic imine (C=N–C) groups is 1. The van der Waals surface area contributed by atoms with E-state index in [1.165, 1.54) is 17.3 Å². The molecule has 5 heteroatoms. The van der Waals surface area contributed by atoms with Gasteiger partial charge in [0.05, 0.1) is 0 Å². The maximum absolute atomic E-state index is 12.1. The average molecular weight is 374 g/mol. The Morgan fingerprint density at radius 1 is 1.08 bits per heavy atom. The van der Waals surface area contributed by atoms with E-state index >= 15 is 0 Å². The summed E-state index contributed by atoms with van der Waals surface area (Å²) >= 11 is 8.66. The topological polar surface area (TPSA) is 29.4 Å². The van der Waals surface area contributed by atoms with Crippen molar-refractivity contribution in [2.75, 3.05) is 0 Å². The molecular formula is C19H16ClNOS2. The molecule has 0 aromatic heterocycles. The smallest absolute Gasteiger partial charge is 0.244 e. The summed E-state index contributed by atoms with van der Waals surface area (Å²) in [5.41, 5.74) is 3.96. The molecular weight excluding hydrogens is 358 g/mol. The van der Waals surface area contributed by atoms with Crippen molar-refractivity contribution >= 4 is 50.7 Å². The number of hydrogen-bond acceptors (Lipinski definition) is 4. The number of thioether (sulfide) groups is 2. The van der Waals surface area contributed by atoms with Crippen LogP contribution in [0.15, 0.2) is 59.2 Å². The molecule has 0 amide bonds. The Kier molecular flexibility index (Phi) is 5.82. The number of halogens is 1. The first-order chi connectivity index (χ1) is 11.6. The van der Waals surface area contributed by atoms with Crippen molar-refractivity contribution in [1.82, 2.24) is 0 Å². The highest BCUT2D eigenvalue weighted by atomic mass is 35.5. The van der Waals surface area contributed by atoms with Gasteiger partial charge in [-0.1, -0.05) is 66.7 Å². The van der Waals surface area contributed by atoms with Crippen molar-refractivity contribution in [3.8, 4) is 0 Å². The highest BCUT2D eigenvalue weighted by molar-refractivity contribution is 8.45. The van der Waals surface area contributed by atoms with Crippen LogP contribution in [0, 0.1) is 0 Å². The Bertz CT molecular complexity index is 795. The molecule has 0 atom stereocenters. The van der Waals surface area contributed by atoms with Gasteiger partial charge in [0.15, 0.2) is 0 Å². The van der Waals surface area contributed by atoms with Crippen LogP contribution < -0.4 is 0 Å². The molecule has 1 heterocycles. The first-order valence-electron chi connectivity index (χ1n) is 7.63. The number of nitrogens with zero attached hydrogens (tertiary/aromatic N) is 1. The molecule has 0 aliphatic carbocycles. The van der Waals surface area contributed by atoms with Crippen LogP contribution in [0.25, 0.3) is 6.08 Å². The highest BCUT2D eigenvalue weighted by Gasteiger charge is 2.22. The van der Waals surface area contributed by atoms with Gasteiger partial charge in [0, 0.05) is 10.8 Å². The molecule has 2 nitrogen and oxygen atoms in total. The Hall–Kier alpha value is -1.49. The fourth-order valence-corrected chi connectivity index (χ4v) is 4.11. The van der Waals surface area contributed by atoms with E-state index in [4.69, 9.17) is 11.6 Å². The van der Waals surface area contributed by atoms with Gasteiger partial charge in [-0.05, 0) is 53.1 Å². The number of aryl methyl sites for hydroxylation is 1. The van der Waals surface area contributed by atoms with Gasteiger partial charge >= 0.3 is 0 Å². The third kappa shape index (κ3) is 4.53. The van der Waals surface area contributed by atoms with Gasteiger partial charge in [-0.2, -0.15) is 0 Å². The molecule has 0 saturated carbocycles. The van der Waals surface area contributed by atoms with Crippen LogP contribution in [-0.2, 0) is 17.0 Å². The zero-order valence-corrected chi connectivity index (χ0v) is 15.5. The molecule has 0 N–H and O–H groups in total. The van der Waals surface area contributed by atoms with E-state index in [2.05, 4.69) is 24.0 Å². The van der Waals surface area contributed by atoms with E-state index in [-0.39, 0.29) is 5.12 Å². The van der Waals surface area contributed by atoms with Crippen LogP contribution >= 0.6 is 35.1 Å². The minimum absolute atomic E-state index is 0.00757. The van der Waals surface area contributed by atoms with Crippen molar-refractivity contribution in [2.24, 2.45) is 4.99 Å². The van der Waals surface area contributed by atoms with Gasteiger partial charge in [0.1, 0.15) is 10.1 Å². The van der Waals surface area contributed by atoms with Gasteiger partial charge in [0.2, 0.25) is 5.12 Å². The first-order valence-corrected chi connectivity index (χ1v) is 9.81. The number of rotatable bonds is 4. The SMILES string of the molecule is CCc1ccc(C=C2N=C(SCc3ccc(Cl)cc3)SC2=O)cc1. The molecule has 2 aromatic carbocycles. The molecule has 3 rings (SSSR count). The van der Waals surface area contributed by atoms with Crippen LogP contribution in [0.5, 0.6) is 0 Å². The van der Waals surface area contributed by atoms with Crippen molar-refractivity contribution in [3.05, 3.63) is 75.9 Å². The van der Waals surface area contributed by atoms with Gasteiger partial charge in [-0.3, -0.25) is 4.79 Å². The van der Waals surface area contributed by atoms with Gasteiger partial charge in [-0.25, -0.2) is 4.99 Å². The summed E-state index contributed by atoms with van der Waals surface area (Å²) in [6.45, 7) is 2.12. The maximum Gasteiger partial charge on any atom is 0.244 e. The van der Waals surface area contributed by atoms with Gasteiger partial charge in [0.25, 0.3) is 0 Å². The standard InChI is InChI=1S/C19H16ClNOS2/c1-2-13-3-5-14(6-4-13)11-17-18(22)24-19(21-17)23-12-15-7-9-16(20)10-8-15/h3-11H,2,12H2,1H3. The monoisotopic (exact) mass is 373 g/mol.